The summed E-state index contributed by atoms with van der Waals surface area (Å²) in [6, 6.07) is 9.13. The number of hydrogen-bond acceptors (Lipinski definition) is 4. The van der Waals surface area contributed by atoms with Gasteiger partial charge < -0.3 is 4.74 Å². The average Bonchev–Trinajstić information content (AvgIpc) is 3.19. The summed E-state index contributed by atoms with van der Waals surface area (Å²) >= 11 is 7.24. The molecular formula is C23H20ClF3N2O2S. The van der Waals surface area contributed by atoms with Crippen molar-refractivity contribution in [2.45, 2.75) is 38.3 Å². The van der Waals surface area contributed by atoms with Crippen LogP contribution >= 0.6 is 22.9 Å². The van der Waals surface area contributed by atoms with Crippen LogP contribution in [0.15, 0.2) is 42.6 Å². The lowest BCUT2D eigenvalue weighted by Crippen LogP contribution is -2.20. The first-order chi connectivity index (χ1) is 15.3. The molecule has 3 aromatic rings. The predicted molar refractivity (Wildman–Crippen MR) is 119 cm³/mol. The van der Waals surface area contributed by atoms with Crippen LogP contribution in [-0.2, 0) is 30.2 Å². The molecule has 4 nitrogen and oxygen atoms in total. The molecule has 32 heavy (non-hydrogen) atoms. The Kier molecular flexibility index (Phi) is 6.71. The van der Waals surface area contributed by atoms with Gasteiger partial charge in [0, 0.05) is 22.5 Å². The summed E-state index contributed by atoms with van der Waals surface area (Å²) in [7, 11) is 0. The number of fused-ring (bicyclic) bond motifs is 1. The number of hydrogen-bond donors (Lipinski definition) is 1. The number of nitrogens with zero attached hydrogens (tertiary/aromatic N) is 1. The minimum atomic E-state index is -4.44. The number of benzene rings is 2. The molecule has 0 aliphatic heterocycles. The van der Waals surface area contributed by atoms with Gasteiger partial charge in [-0.3, -0.25) is 10.1 Å². The number of anilines is 1. The fourth-order valence-electron chi connectivity index (χ4n) is 3.63. The summed E-state index contributed by atoms with van der Waals surface area (Å²) in [5, 5.41) is 3.26. The number of ether oxygens (including phenoxy) is 1. The number of carbonyl (C=O) groups is 1. The van der Waals surface area contributed by atoms with Crippen LogP contribution in [0.2, 0.25) is 5.02 Å². The maximum Gasteiger partial charge on any atom is 0.416 e. The topological polar surface area (TPSA) is 51.2 Å². The Hall–Kier alpha value is -2.58. The second kappa shape index (κ2) is 9.50. The molecular weight excluding hydrogens is 461 g/mol. The lowest BCUT2D eigenvalue weighted by molar-refractivity contribution is -0.137. The van der Waals surface area contributed by atoms with E-state index in [9.17, 15) is 18.0 Å². The first-order valence-electron chi connectivity index (χ1n) is 10.1. The Morgan fingerprint density at radius 3 is 2.69 bits per heavy atom. The van der Waals surface area contributed by atoms with Gasteiger partial charge in [-0.1, -0.05) is 17.7 Å². The lowest BCUT2D eigenvalue weighted by Gasteiger charge is -2.16. The van der Waals surface area contributed by atoms with Gasteiger partial charge in [-0.2, -0.15) is 13.2 Å². The molecule has 0 bridgehead atoms. The molecule has 0 unspecified atom stereocenters. The molecule has 1 aliphatic carbocycles. The number of carbonyl (C=O) groups excluding carboxylic acids is 1. The highest BCUT2D eigenvalue weighted by molar-refractivity contribution is 7.15. The van der Waals surface area contributed by atoms with Crippen LogP contribution in [0.3, 0.4) is 0 Å². The summed E-state index contributed by atoms with van der Waals surface area (Å²) in [5.41, 5.74) is 2.20. The van der Waals surface area contributed by atoms with Crippen molar-refractivity contribution in [1.29, 1.82) is 0 Å². The molecule has 1 amide bonds. The maximum absolute atomic E-state index is 13.0. The molecule has 168 valence electrons. The second-order valence-electron chi connectivity index (χ2n) is 7.59. The number of aromatic nitrogens is 1. The summed E-state index contributed by atoms with van der Waals surface area (Å²) < 4.78 is 44.5. The largest absolute Gasteiger partial charge is 0.484 e. The third-order valence-electron chi connectivity index (χ3n) is 5.23. The van der Waals surface area contributed by atoms with Gasteiger partial charge in [-0.05, 0) is 72.7 Å². The molecule has 1 N–H and O–H groups in total. The smallest absolute Gasteiger partial charge is 0.416 e. The molecule has 0 fully saturated rings. The number of aryl methyl sites for hydroxylation is 2. The fraction of sp³-hybridized carbons (Fsp3) is 0.304. The zero-order valence-electron chi connectivity index (χ0n) is 17.0. The van der Waals surface area contributed by atoms with Crippen molar-refractivity contribution in [3.8, 4) is 5.75 Å². The quantitative estimate of drug-likeness (QED) is 0.450. The molecule has 1 aliphatic rings. The van der Waals surface area contributed by atoms with E-state index in [4.69, 9.17) is 16.3 Å². The first-order valence-corrected chi connectivity index (χ1v) is 11.3. The predicted octanol–water partition coefficient (Wildman–Crippen LogP) is 6.30. The molecule has 0 atom stereocenters. The van der Waals surface area contributed by atoms with E-state index in [1.807, 2.05) is 18.2 Å². The molecule has 0 saturated carbocycles. The maximum atomic E-state index is 13.0. The molecule has 0 spiro atoms. The summed E-state index contributed by atoms with van der Waals surface area (Å²) in [6.07, 6.45) is 1.72. The number of alkyl halides is 3. The van der Waals surface area contributed by atoms with Crippen molar-refractivity contribution < 1.29 is 22.7 Å². The van der Waals surface area contributed by atoms with Gasteiger partial charge in [0.2, 0.25) is 0 Å². The summed E-state index contributed by atoms with van der Waals surface area (Å²) in [5.74, 6) is 0.292. The van der Waals surface area contributed by atoms with Crippen LogP contribution < -0.4 is 10.1 Å². The van der Waals surface area contributed by atoms with E-state index in [0.717, 1.165) is 31.4 Å². The number of thiazole rings is 1. The zero-order valence-corrected chi connectivity index (χ0v) is 18.5. The molecule has 4 rings (SSSR count). The van der Waals surface area contributed by atoms with Crippen LogP contribution in [0.25, 0.3) is 0 Å². The van der Waals surface area contributed by atoms with Crippen LogP contribution in [0.4, 0.5) is 18.3 Å². The van der Waals surface area contributed by atoms with E-state index in [-0.39, 0.29) is 24.0 Å². The third-order valence-corrected chi connectivity index (χ3v) is 6.51. The summed E-state index contributed by atoms with van der Waals surface area (Å²) in [6.45, 7) is -0.160. The van der Waals surface area contributed by atoms with Crippen LogP contribution in [0.1, 0.15) is 40.0 Å². The molecule has 2 aromatic carbocycles. The highest BCUT2D eigenvalue weighted by atomic mass is 35.5. The number of rotatable bonds is 6. The van der Waals surface area contributed by atoms with Crippen LogP contribution in [-0.4, -0.2) is 17.5 Å². The average molecular weight is 481 g/mol. The Balaban J connectivity index is 1.34. The Bertz CT molecular complexity index is 1130. The Morgan fingerprint density at radius 1 is 1.12 bits per heavy atom. The standard InChI is InChI=1S/C23H20ClF3N2O2S/c24-20-8-6-17(23(25,26)27)9-16(20)11-19-12-28-22(32-19)29-21(30)13-31-18-7-5-14-3-1-2-4-15(14)10-18/h5-10,12H,1-4,11,13H2,(H,28,29,30). The highest BCUT2D eigenvalue weighted by Gasteiger charge is 2.31. The van der Waals surface area contributed by atoms with E-state index in [1.54, 1.807) is 0 Å². The number of nitrogens with one attached hydrogen (secondary N) is 1. The van der Waals surface area contributed by atoms with Gasteiger partial charge in [0.15, 0.2) is 11.7 Å². The van der Waals surface area contributed by atoms with Crippen molar-refractivity contribution in [3.63, 3.8) is 0 Å². The van der Waals surface area contributed by atoms with E-state index < -0.39 is 11.7 Å². The van der Waals surface area contributed by atoms with Crippen molar-refractivity contribution >= 4 is 34.0 Å². The second-order valence-corrected chi connectivity index (χ2v) is 9.11. The third kappa shape index (κ3) is 5.61. The summed E-state index contributed by atoms with van der Waals surface area (Å²) in [4.78, 5) is 17.0. The lowest BCUT2D eigenvalue weighted by atomic mass is 9.92. The SMILES string of the molecule is O=C(COc1ccc2c(c1)CCCC2)Nc1ncc(Cc2cc(C(F)(F)F)ccc2Cl)s1. The van der Waals surface area contributed by atoms with Crippen molar-refractivity contribution in [2.75, 3.05) is 11.9 Å². The molecule has 1 heterocycles. The minimum Gasteiger partial charge on any atom is -0.484 e. The molecule has 9 heteroatoms. The van der Waals surface area contributed by atoms with Crippen molar-refractivity contribution in [1.82, 2.24) is 4.98 Å². The van der Waals surface area contributed by atoms with Gasteiger partial charge in [0.1, 0.15) is 5.75 Å². The highest BCUT2D eigenvalue weighted by Crippen LogP contribution is 2.33. The molecule has 0 saturated heterocycles. The van der Waals surface area contributed by atoms with E-state index in [2.05, 4.69) is 10.3 Å². The van der Waals surface area contributed by atoms with Gasteiger partial charge >= 0.3 is 6.18 Å². The first kappa shape index (κ1) is 22.6. The monoisotopic (exact) mass is 480 g/mol. The van der Waals surface area contributed by atoms with Gasteiger partial charge in [0.25, 0.3) is 5.91 Å². The van der Waals surface area contributed by atoms with Gasteiger partial charge in [0.05, 0.1) is 5.56 Å². The van der Waals surface area contributed by atoms with Crippen LogP contribution in [0.5, 0.6) is 5.75 Å². The minimum absolute atomic E-state index is 0.160. The molecule has 0 radical (unpaired) electrons. The fourth-order valence-corrected chi connectivity index (χ4v) is 4.66. The molecule has 1 aromatic heterocycles. The van der Waals surface area contributed by atoms with Crippen molar-refractivity contribution in [2.24, 2.45) is 0 Å². The van der Waals surface area contributed by atoms with Gasteiger partial charge in [-0.25, -0.2) is 4.98 Å². The van der Waals surface area contributed by atoms with E-state index in [1.165, 1.54) is 41.1 Å². The van der Waals surface area contributed by atoms with Crippen molar-refractivity contribution in [3.05, 3.63) is 74.7 Å². The Morgan fingerprint density at radius 2 is 1.91 bits per heavy atom. The van der Waals surface area contributed by atoms with E-state index >= 15 is 0 Å². The van der Waals surface area contributed by atoms with Crippen LogP contribution in [0, 0.1) is 0 Å². The Labute approximate surface area is 192 Å². The number of amides is 1. The van der Waals surface area contributed by atoms with Gasteiger partial charge in [-0.15, -0.1) is 11.3 Å². The van der Waals surface area contributed by atoms with E-state index in [0.29, 0.717) is 21.3 Å². The zero-order chi connectivity index (χ0) is 22.7. The number of halogens is 4. The normalized spacial score (nSPS) is 13.5.